The number of carbonyl (C=O) groups is 1. The molecule has 1 saturated heterocycles. The minimum atomic E-state index is -1.16. The average Bonchev–Trinajstić information content (AvgIpc) is 2.33. The molecule has 0 bridgehead atoms. The molecule has 1 aliphatic heterocycles. The van der Waals surface area contributed by atoms with Gasteiger partial charge in [0.25, 0.3) is 0 Å². The summed E-state index contributed by atoms with van der Waals surface area (Å²) in [6, 6.07) is 5.42. The van der Waals surface area contributed by atoms with Gasteiger partial charge >= 0.3 is 0 Å². The first kappa shape index (κ1) is 12.0. The minimum absolute atomic E-state index is 0.190. The monoisotopic (exact) mass is 240 g/mol. The van der Waals surface area contributed by atoms with E-state index in [-0.39, 0.29) is 30.7 Å². The summed E-state index contributed by atoms with van der Waals surface area (Å²) in [7, 11) is 0. The van der Waals surface area contributed by atoms with Crippen LogP contribution in [0.4, 0.5) is 4.39 Å². The molecule has 1 aromatic rings. The summed E-state index contributed by atoms with van der Waals surface area (Å²) in [6.07, 6.45) is -0.966. The highest BCUT2D eigenvalue weighted by molar-refractivity contribution is 5.83. The minimum Gasteiger partial charge on any atom is -0.492 e. The third-order valence-electron chi connectivity index (χ3n) is 2.44. The first-order valence-corrected chi connectivity index (χ1v) is 5.25. The van der Waals surface area contributed by atoms with E-state index in [0.717, 1.165) is 0 Å². The van der Waals surface area contributed by atoms with Gasteiger partial charge in [-0.15, -0.1) is 0 Å². The zero-order valence-corrected chi connectivity index (χ0v) is 9.02. The van der Waals surface area contributed by atoms with Crippen LogP contribution in [0.3, 0.4) is 0 Å². The molecular weight excluding hydrogens is 227 g/mol. The van der Waals surface area contributed by atoms with Gasteiger partial charge in [-0.2, -0.15) is 0 Å². The maximum Gasteiger partial charge on any atom is 0.179 e. The van der Waals surface area contributed by atoms with Crippen LogP contribution in [0, 0.1) is 5.82 Å². The van der Waals surface area contributed by atoms with Crippen molar-refractivity contribution in [1.82, 2.24) is 10.9 Å². The van der Waals surface area contributed by atoms with E-state index in [9.17, 15) is 9.18 Å². The Morgan fingerprint density at radius 2 is 2.06 bits per heavy atom. The Morgan fingerprint density at radius 3 is 2.71 bits per heavy atom. The second kappa shape index (κ2) is 5.22. The fourth-order valence-corrected chi connectivity index (χ4v) is 1.51. The summed E-state index contributed by atoms with van der Waals surface area (Å²) < 4.78 is 18.0. The molecule has 3 N–H and O–H groups in total. The molecule has 5 nitrogen and oxygen atoms in total. The van der Waals surface area contributed by atoms with Crippen molar-refractivity contribution in [2.45, 2.75) is 18.7 Å². The summed E-state index contributed by atoms with van der Waals surface area (Å²) in [4.78, 5) is 11.2. The van der Waals surface area contributed by atoms with E-state index in [4.69, 9.17) is 9.84 Å². The van der Waals surface area contributed by atoms with Crippen LogP contribution in [0.1, 0.15) is 6.42 Å². The first-order chi connectivity index (χ1) is 8.15. The SMILES string of the molecule is O=C1CC(COc2ccc(F)cc2)NNC1O. The Labute approximate surface area is 97.6 Å². The molecule has 1 fully saturated rings. The predicted molar refractivity (Wildman–Crippen MR) is 57.6 cm³/mol. The fourth-order valence-electron chi connectivity index (χ4n) is 1.51. The zero-order valence-electron chi connectivity index (χ0n) is 9.02. The molecule has 1 aromatic carbocycles. The molecule has 1 heterocycles. The molecule has 0 amide bonds. The Hall–Kier alpha value is -1.50. The van der Waals surface area contributed by atoms with Crippen LogP contribution in [0.2, 0.25) is 0 Å². The summed E-state index contributed by atoms with van der Waals surface area (Å²) in [5.74, 6) is -0.0728. The molecule has 0 aromatic heterocycles. The molecule has 0 spiro atoms. The number of carbonyl (C=O) groups excluding carboxylic acids is 1. The van der Waals surface area contributed by atoms with Crippen LogP contribution in [-0.4, -0.2) is 29.8 Å². The molecule has 2 rings (SSSR count). The van der Waals surface area contributed by atoms with Gasteiger partial charge < -0.3 is 9.84 Å². The summed E-state index contributed by atoms with van der Waals surface area (Å²) in [5, 5.41) is 9.11. The highest BCUT2D eigenvalue weighted by atomic mass is 19.1. The number of ketones is 1. The smallest absolute Gasteiger partial charge is 0.179 e. The van der Waals surface area contributed by atoms with Crippen LogP contribution in [0.15, 0.2) is 24.3 Å². The van der Waals surface area contributed by atoms with E-state index in [1.807, 2.05) is 0 Å². The lowest BCUT2D eigenvalue weighted by Gasteiger charge is -2.26. The normalized spacial score (nSPS) is 24.7. The van der Waals surface area contributed by atoms with Gasteiger partial charge in [0.1, 0.15) is 18.2 Å². The number of benzene rings is 1. The van der Waals surface area contributed by atoms with Gasteiger partial charge in [0.15, 0.2) is 12.0 Å². The maximum atomic E-state index is 12.6. The molecule has 0 radical (unpaired) electrons. The Kier molecular flexibility index (Phi) is 3.68. The van der Waals surface area contributed by atoms with Crippen molar-refractivity contribution in [3.05, 3.63) is 30.1 Å². The molecule has 1 aliphatic rings. The van der Waals surface area contributed by atoms with Crippen molar-refractivity contribution < 1.29 is 19.0 Å². The third-order valence-corrected chi connectivity index (χ3v) is 2.44. The maximum absolute atomic E-state index is 12.6. The molecular formula is C11H13FN2O3. The van der Waals surface area contributed by atoms with Gasteiger partial charge in [0, 0.05) is 6.42 Å². The lowest BCUT2D eigenvalue weighted by Crippen LogP contribution is -2.58. The number of ether oxygens (including phenoxy) is 1. The molecule has 2 atom stereocenters. The van der Waals surface area contributed by atoms with E-state index in [0.29, 0.717) is 5.75 Å². The number of halogens is 1. The number of hydrazine groups is 1. The highest BCUT2D eigenvalue weighted by Crippen LogP contribution is 2.12. The number of nitrogens with one attached hydrogen (secondary N) is 2. The second-order valence-corrected chi connectivity index (χ2v) is 3.82. The summed E-state index contributed by atoms with van der Waals surface area (Å²) in [6.45, 7) is 0.261. The van der Waals surface area contributed by atoms with Crippen LogP contribution in [0.5, 0.6) is 5.75 Å². The van der Waals surface area contributed by atoms with Gasteiger partial charge in [0.2, 0.25) is 0 Å². The van der Waals surface area contributed by atoms with Crippen LogP contribution >= 0.6 is 0 Å². The Balaban J connectivity index is 1.82. The fraction of sp³-hybridized carbons (Fsp3) is 0.364. The molecule has 0 aliphatic carbocycles. The van der Waals surface area contributed by atoms with Gasteiger partial charge in [-0.05, 0) is 24.3 Å². The molecule has 17 heavy (non-hydrogen) atoms. The van der Waals surface area contributed by atoms with Crippen molar-refractivity contribution in [2.24, 2.45) is 0 Å². The van der Waals surface area contributed by atoms with E-state index >= 15 is 0 Å². The highest BCUT2D eigenvalue weighted by Gasteiger charge is 2.26. The number of Topliss-reactive ketones (excluding diaryl/α,β-unsaturated/α-hetero) is 1. The number of aliphatic hydroxyl groups is 1. The van der Waals surface area contributed by atoms with Gasteiger partial charge in [-0.1, -0.05) is 0 Å². The van der Waals surface area contributed by atoms with E-state index in [1.54, 1.807) is 0 Å². The zero-order chi connectivity index (χ0) is 12.3. The molecule has 2 unspecified atom stereocenters. The Morgan fingerprint density at radius 1 is 1.35 bits per heavy atom. The summed E-state index contributed by atoms with van der Waals surface area (Å²) >= 11 is 0. The Bertz CT molecular complexity index is 396. The number of hydrogen-bond donors (Lipinski definition) is 3. The van der Waals surface area contributed by atoms with Crippen LogP contribution in [-0.2, 0) is 4.79 Å². The molecule has 6 heteroatoms. The second-order valence-electron chi connectivity index (χ2n) is 3.82. The average molecular weight is 240 g/mol. The largest absolute Gasteiger partial charge is 0.492 e. The standard InChI is InChI=1S/C11H13FN2O3/c12-7-1-3-9(4-2-7)17-6-8-5-10(15)11(16)14-13-8/h1-4,8,11,13-14,16H,5-6H2. The topological polar surface area (TPSA) is 70.6 Å². The van der Waals surface area contributed by atoms with E-state index < -0.39 is 6.23 Å². The van der Waals surface area contributed by atoms with Crippen molar-refractivity contribution in [3.8, 4) is 5.75 Å². The van der Waals surface area contributed by atoms with Crippen molar-refractivity contribution >= 4 is 5.78 Å². The van der Waals surface area contributed by atoms with Crippen molar-refractivity contribution in [1.29, 1.82) is 0 Å². The first-order valence-electron chi connectivity index (χ1n) is 5.25. The number of hydrogen-bond acceptors (Lipinski definition) is 5. The van der Waals surface area contributed by atoms with Crippen LogP contribution in [0.25, 0.3) is 0 Å². The van der Waals surface area contributed by atoms with Gasteiger partial charge in [-0.3, -0.25) is 4.79 Å². The summed E-state index contributed by atoms with van der Waals surface area (Å²) in [5.41, 5.74) is 5.20. The van der Waals surface area contributed by atoms with Gasteiger partial charge in [-0.25, -0.2) is 15.2 Å². The molecule has 0 saturated carbocycles. The quantitative estimate of drug-likeness (QED) is 0.691. The van der Waals surface area contributed by atoms with E-state index in [2.05, 4.69) is 10.9 Å². The third kappa shape index (κ3) is 3.23. The van der Waals surface area contributed by atoms with Crippen molar-refractivity contribution in [3.63, 3.8) is 0 Å². The van der Waals surface area contributed by atoms with Gasteiger partial charge in [0.05, 0.1) is 6.04 Å². The van der Waals surface area contributed by atoms with Crippen molar-refractivity contribution in [2.75, 3.05) is 6.61 Å². The predicted octanol–water partition coefficient (Wildman–Crippen LogP) is -0.0415. The van der Waals surface area contributed by atoms with E-state index in [1.165, 1.54) is 24.3 Å². The lowest BCUT2D eigenvalue weighted by atomic mass is 10.1. The lowest BCUT2D eigenvalue weighted by molar-refractivity contribution is -0.133. The number of aliphatic hydroxyl groups excluding tert-OH is 1. The number of rotatable bonds is 3. The molecule has 92 valence electrons. The van der Waals surface area contributed by atoms with Crippen LogP contribution < -0.4 is 15.6 Å².